The van der Waals surface area contributed by atoms with Crippen LogP contribution in [-0.4, -0.2) is 58.5 Å². The summed E-state index contributed by atoms with van der Waals surface area (Å²) in [6.07, 6.45) is -5.06. The monoisotopic (exact) mass is 588 g/mol. The highest BCUT2D eigenvalue weighted by Gasteiger charge is 2.43. The number of alkyl halides is 3. The Balaban J connectivity index is 1.47. The smallest absolute Gasteiger partial charge is 0.471 e. The van der Waals surface area contributed by atoms with Gasteiger partial charge in [0.25, 0.3) is 10.1 Å². The van der Waals surface area contributed by atoms with Gasteiger partial charge in [0.15, 0.2) is 0 Å². The first kappa shape index (κ1) is 28.1. The molecule has 0 aliphatic carbocycles. The summed E-state index contributed by atoms with van der Waals surface area (Å²) in [4.78, 5) is 29.2. The van der Waals surface area contributed by atoms with Crippen molar-refractivity contribution in [1.82, 2.24) is 15.2 Å². The number of anilines is 1. The van der Waals surface area contributed by atoms with Crippen LogP contribution in [0.4, 0.5) is 19.0 Å². The standard InChI is InChI=1S/C27H23F3N4O6S/c28-27(29,30)26(37)33-21-7-8-34(25(21)36)13-14-1-5-18-16(11-24(31)32-22(18)9-14)10-20-19-12-17(35)4-2-15(19)3-6-23(20)41(38,39)40/h1-6,9,11-12,21,35H,7-8,10,13H2,(H2,31,32)(H,33,37)(H,38,39,40). The fraction of sp³-hybridized carbons (Fsp3) is 0.222. The highest BCUT2D eigenvalue weighted by Crippen LogP contribution is 2.33. The topological polar surface area (TPSA) is 163 Å². The number of phenols is 1. The summed E-state index contributed by atoms with van der Waals surface area (Å²) >= 11 is 0. The first-order valence-corrected chi connectivity index (χ1v) is 13.7. The van der Waals surface area contributed by atoms with Gasteiger partial charge < -0.3 is 21.1 Å². The number of hydrogen-bond donors (Lipinski definition) is 4. The van der Waals surface area contributed by atoms with Gasteiger partial charge in [0.2, 0.25) is 5.91 Å². The van der Waals surface area contributed by atoms with E-state index in [1.54, 1.807) is 35.6 Å². The third-order valence-electron chi connectivity index (χ3n) is 6.93. The van der Waals surface area contributed by atoms with Crippen molar-refractivity contribution in [2.45, 2.75) is 36.5 Å². The molecular weight excluding hydrogens is 565 g/mol. The number of aromatic hydroxyl groups is 1. The van der Waals surface area contributed by atoms with Gasteiger partial charge in [-0.05, 0) is 64.2 Å². The van der Waals surface area contributed by atoms with Crippen molar-refractivity contribution < 1.29 is 40.8 Å². The maximum Gasteiger partial charge on any atom is 0.471 e. The molecule has 5 rings (SSSR count). The molecule has 14 heteroatoms. The zero-order valence-corrected chi connectivity index (χ0v) is 22.0. The minimum absolute atomic E-state index is 0.00365. The molecule has 10 nitrogen and oxygen atoms in total. The van der Waals surface area contributed by atoms with E-state index >= 15 is 0 Å². The first-order chi connectivity index (χ1) is 19.2. The van der Waals surface area contributed by atoms with Gasteiger partial charge in [-0.1, -0.05) is 24.3 Å². The molecule has 214 valence electrons. The number of carbonyl (C=O) groups excluding carboxylic acids is 2. The van der Waals surface area contributed by atoms with Crippen molar-refractivity contribution in [2.24, 2.45) is 0 Å². The number of likely N-dealkylation sites (tertiary alicyclic amines) is 1. The molecular formula is C27H23F3N4O6S. The number of amides is 2. The number of fused-ring (bicyclic) bond motifs is 2. The Bertz CT molecular complexity index is 1830. The lowest BCUT2D eigenvalue weighted by Crippen LogP contribution is -2.46. The largest absolute Gasteiger partial charge is 0.508 e. The van der Waals surface area contributed by atoms with E-state index < -0.39 is 34.2 Å². The molecule has 0 bridgehead atoms. The molecule has 0 radical (unpaired) electrons. The van der Waals surface area contributed by atoms with Gasteiger partial charge in [0, 0.05) is 24.9 Å². The molecule has 2 amide bonds. The quantitative estimate of drug-likeness (QED) is 0.249. The third-order valence-corrected chi connectivity index (χ3v) is 7.87. The molecule has 4 aromatic rings. The number of hydrogen-bond acceptors (Lipinski definition) is 7. The average Bonchev–Trinajstić information content (AvgIpc) is 3.21. The van der Waals surface area contributed by atoms with Crippen LogP contribution in [0.1, 0.15) is 23.1 Å². The molecule has 1 aromatic heterocycles. The SMILES string of the molecule is Nc1cc(Cc2c(S(=O)(=O)O)ccc3ccc(O)cc23)c2ccc(CN3CCC(NC(=O)C(F)(F)F)C3=O)cc2n1. The van der Waals surface area contributed by atoms with Crippen molar-refractivity contribution in [1.29, 1.82) is 0 Å². The van der Waals surface area contributed by atoms with Gasteiger partial charge in [0.05, 0.1) is 10.4 Å². The second-order valence-electron chi connectivity index (χ2n) is 9.73. The van der Waals surface area contributed by atoms with Gasteiger partial charge in [-0.25, -0.2) is 4.98 Å². The van der Waals surface area contributed by atoms with E-state index in [0.29, 0.717) is 32.8 Å². The van der Waals surface area contributed by atoms with Crippen LogP contribution < -0.4 is 11.1 Å². The number of pyridine rings is 1. The molecule has 0 saturated carbocycles. The van der Waals surface area contributed by atoms with Crippen LogP contribution in [0.15, 0.2) is 59.5 Å². The lowest BCUT2D eigenvalue weighted by molar-refractivity contribution is -0.174. The van der Waals surface area contributed by atoms with Crippen molar-refractivity contribution >= 4 is 49.4 Å². The van der Waals surface area contributed by atoms with E-state index in [-0.39, 0.29) is 48.0 Å². The number of phenolic OH excluding ortho intramolecular Hbond substituents is 1. The molecule has 41 heavy (non-hydrogen) atoms. The summed E-state index contributed by atoms with van der Waals surface area (Å²) in [7, 11) is -4.62. The van der Waals surface area contributed by atoms with E-state index in [9.17, 15) is 40.8 Å². The number of nitrogen functional groups attached to an aromatic ring is 1. The molecule has 3 aromatic carbocycles. The Morgan fingerprint density at radius 3 is 2.54 bits per heavy atom. The Morgan fingerprint density at radius 2 is 1.83 bits per heavy atom. The fourth-order valence-corrected chi connectivity index (χ4v) is 5.80. The lowest BCUT2D eigenvalue weighted by atomic mass is 9.95. The predicted molar refractivity (Wildman–Crippen MR) is 142 cm³/mol. The summed E-state index contributed by atoms with van der Waals surface area (Å²) in [6, 6.07) is 12.6. The van der Waals surface area contributed by atoms with Crippen LogP contribution >= 0.6 is 0 Å². The zero-order valence-electron chi connectivity index (χ0n) is 21.1. The van der Waals surface area contributed by atoms with Crippen molar-refractivity contribution in [2.75, 3.05) is 12.3 Å². The zero-order chi connectivity index (χ0) is 29.7. The second kappa shape index (κ2) is 10.2. The predicted octanol–water partition coefficient (Wildman–Crippen LogP) is 3.29. The van der Waals surface area contributed by atoms with Crippen LogP contribution in [0.2, 0.25) is 0 Å². The Labute approximate surface area is 231 Å². The van der Waals surface area contributed by atoms with Crippen molar-refractivity contribution in [3.05, 3.63) is 71.3 Å². The lowest BCUT2D eigenvalue weighted by Gasteiger charge is -2.18. The summed E-state index contributed by atoms with van der Waals surface area (Å²) in [5.41, 5.74) is 7.90. The highest BCUT2D eigenvalue weighted by atomic mass is 32.2. The van der Waals surface area contributed by atoms with Gasteiger partial charge in [-0.3, -0.25) is 14.1 Å². The second-order valence-corrected chi connectivity index (χ2v) is 11.1. The van der Waals surface area contributed by atoms with E-state index in [0.717, 1.165) is 0 Å². The normalized spacial score (nSPS) is 16.0. The van der Waals surface area contributed by atoms with Gasteiger partial charge in [0.1, 0.15) is 17.6 Å². The maximum atomic E-state index is 12.6. The molecule has 1 saturated heterocycles. The molecule has 1 aliphatic heterocycles. The van der Waals surface area contributed by atoms with Crippen LogP contribution in [0, 0.1) is 0 Å². The minimum atomic E-state index is -5.09. The van der Waals surface area contributed by atoms with Crippen LogP contribution in [0.3, 0.4) is 0 Å². The van der Waals surface area contributed by atoms with Crippen molar-refractivity contribution in [3.63, 3.8) is 0 Å². The van der Waals surface area contributed by atoms with E-state index in [1.807, 2.05) is 0 Å². The fourth-order valence-electron chi connectivity index (χ4n) is 5.07. The summed E-state index contributed by atoms with van der Waals surface area (Å²) in [5.74, 6) is -2.78. The molecule has 0 spiro atoms. The number of nitrogens with one attached hydrogen (secondary N) is 1. The maximum absolute atomic E-state index is 12.6. The third kappa shape index (κ3) is 5.74. The minimum Gasteiger partial charge on any atom is -0.508 e. The number of aromatic nitrogens is 1. The number of halogens is 3. The van der Waals surface area contributed by atoms with Crippen LogP contribution in [0.25, 0.3) is 21.7 Å². The molecule has 1 unspecified atom stereocenters. The van der Waals surface area contributed by atoms with E-state index in [1.165, 1.54) is 29.2 Å². The summed E-state index contributed by atoms with van der Waals surface area (Å²) in [5, 5.41) is 13.4. The van der Waals surface area contributed by atoms with Gasteiger partial charge in [-0.2, -0.15) is 21.6 Å². The Morgan fingerprint density at radius 1 is 1.10 bits per heavy atom. The molecule has 1 atom stereocenters. The highest BCUT2D eigenvalue weighted by molar-refractivity contribution is 7.85. The van der Waals surface area contributed by atoms with Gasteiger partial charge in [-0.15, -0.1) is 0 Å². The molecule has 5 N–H and O–H groups in total. The average molecular weight is 589 g/mol. The van der Waals surface area contributed by atoms with Crippen LogP contribution in [0.5, 0.6) is 5.75 Å². The summed E-state index contributed by atoms with van der Waals surface area (Å²) in [6.45, 7) is 0.191. The number of carbonyl (C=O) groups is 2. The van der Waals surface area contributed by atoms with Crippen LogP contribution in [-0.2, 0) is 32.7 Å². The Hall–Kier alpha value is -4.43. The van der Waals surface area contributed by atoms with E-state index in [4.69, 9.17) is 5.73 Å². The van der Waals surface area contributed by atoms with Crippen molar-refractivity contribution in [3.8, 4) is 5.75 Å². The number of benzene rings is 3. The first-order valence-electron chi connectivity index (χ1n) is 12.3. The Kier molecular flexibility index (Phi) is 6.99. The molecule has 1 aliphatic rings. The molecule has 2 heterocycles. The molecule has 1 fully saturated rings. The van der Waals surface area contributed by atoms with Gasteiger partial charge >= 0.3 is 12.1 Å². The number of nitrogens with two attached hydrogens (primary N) is 1. The number of rotatable bonds is 6. The number of nitrogens with zero attached hydrogens (tertiary/aromatic N) is 2. The summed E-state index contributed by atoms with van der Waals surface area (Å²) < 4.78 is 72.1. The van der Waals surface area contributed by atoms with E-state index in [2.05, 4.69) is 4.98 Å².